The largest absolute Gasteiger partial charge is 0.445 e. The third-order valence-corrected chi connectivity index (χ3v) is 3.66. The zero-order chi connectivity index (χ0) is 16.1. The molecule has 0 aliphatic heterocycles. The minimum atomic E-state index is -0.921. The number of hydrogen-bond donors (Lipinski definition) is 0. The van der Waals surface area contributed by atoms with E-state index in [2.05, 4.69) is 0 Å². The van der Waals surface area contributed by atoms with Gasteiger partial charge < -0.3 is 4.74 Å². The van der Waals surface area contributed by atoms with Crippen molar-refractivity contribution in [2.45, 2.75) is 12.5 Å². The van der Waals surface area contributed by atoms with Gasteiger partial charge in [0.25, 0.3) is 0 Å². The SMILES string of the molecule is O=C(OC(C(=O)C1=CC=CC1)c1ccccc1)c1ccccc1. The number of benzene rings is 2. The van der Waals surface area contributed by atoms with E-state index in [1.54, 1.807) is 42.5 Å². The van der Waals surface area contributed by atoms with Gasteiger partial charge in [-0.3, -0.25) is 4.79 Å². The van der Waals surface area contributed by atoms with Gasteiger partial charge in [-0.25, -0.2) is 4.79 Å². The van der Waals surface area contributed by atoms with Crippen LogP contribution in [0.25, 0.3) is 0 Å². The lowest BCUT2D eigenvalue weighted by molar-refractivity contribution is -0.124. The highest BCUT2D eigenvalue weighted by atomic mass is 16.5. The molecule has 1 aliphatic carbocycles. The molecule has 1 atom stereocenters. The predicted octanol–water partition coefficient (Wildman–Crippen LogP) is 4.04. The molecule has 0 radical (unpaired) electrons. The molecule has 2 aromatic carbocycles. The van der Waals surface area contributed by atoms with Crippen LogP contribution in [0.1, 0.15) is 28.4 Å². The first kappa shape index (κ1) is 15.0. The number of rotatable bonds is 5. The van der Waals surface area contributed by atoms with Crippen LogP contribution in [0.3, 0.4) is 0 Å². The minimum absolute atomic E-state index is 0.175. The number of ether oxygens (including phenoxy) is 1. The quantitative estimate of drug-likeness (QED) is 0.783. The summed E-state index contributed by atoms with van der Waals surface area (Å²) in [5.41, 5.74) is 1.76. The third kappa shape index (κ3) is 3.46. The highest BCUT2D eigenvalue weighted by molar-refractivity contribution is 6.02. The molecule has 114 valence electrons. The van der Waals surface area contributed by atoms with Crippen molar-refractivity contribution in [2.24, 2.45) is 0 Å². The van der Waals surface area contributed by atoms with Crippen molar-refractivity contribution >= 4 is 11.8 Å². The van der Waals surface area contributed by atoms with Crippen LogP contribution in [0, 0.1) is 0 Å². The Morgan fingerprint density at radius 3 is 2.17 bits per heavy atom. The molecular weight excluding hydrogens is 288 g/mol. The Hall–Kier alpha value is -2.94. The van der Waals surface area contributed by atoms with Crippen LogP contribution in [0.5, 0.6) is 0 Å². The van der Waals surface area contributed by atoms with Gasteiger partial charge in [0.05, 0.1) is 5.56 Å². The topological polar surface area (TPSA) is 43.4 Å². The first-order chi connectivity index (χ1) is 11.3. The molecule has 1 unspecified atom stereocenters. The van der Waals surface area contributed by atoms with Crippen molar-refractivity contribution in [3.8, 4) is 0 Å². The lowest BCUT2D eigenvalue weighted by Crippen LogP contribution is -2.21. The maximum absolute atomic E-state index is 12.7. The Morgan fingerprint density at radius 2 is 1.57 bits per heavy atom. The Labute approximate surface area is 134 Å². The third-order valence-electron chi connectivity index (χ3n) is 3.66. The van der Waals surface area contributed by atoms with Gasteiger partial charge in [0, 0.05) is 11.1 Å². The normalized spacial score (nSPS) is 14.2. The molecule has 3 heteroatoms. The van der Waals surface area contributed by atoms with E-state index in [-0.39, 0.29) is 5.78 Å². The average Bonchev–Trinajstić information content (AvgIpc) is 3.15. The molecule has 3 rings (SSSR count). The van der Waals surface area contributed by atoms with Crippen LogP contribution in [0.2, 0.25) is 0 Å². The van der Waals surface area contributed by atoms with E-state index in [9.17, 15) is 9.59 Å². The summed E-state index contributed by atoms with van der Waals surface area (Å²) in [5.74, 6) is -0.676. The molecule has 0 fully saturated rings. The van der Waals surface area contributed by atoms with Crippen molar-refractivity contribution in [3.05, 3.63) is 95.6 Å². The van der Waals surface area contributed by atoms with E-state index in [0.717, 1.165) is 0 Å². The Bertz CT molecular complexity index is 758. The molecule has 0 bridgehead atoms. The first-order valence-electron chi connectivity index (χ1n) is 7.46. The highest BCUT2D eigenvalue weighted by Gasteiger charge is 2.28. The standard InChI is InChI=1S/C20H16O3/c21-18(15-9-7-8-10-15)19(16-11-3-1-4-12-16)23-20(22)17-13-5-2-6-14-17/h1-9,11-14,19H,10H2. The highest BCUT2D eigenvalue weighted by Crippen LogP contribution is 2.26. The zero-order valence-corrected chi connectivity index (χ0v) is 12.5. The monoisotopic (exact) mass is 304 g/mol. The summed E-state index contributed by atoms with van der Waals surface area (Å²) in [4.78, 5) is 25.1. The molecule has 1 aliphatic rings. The van der Waals surface area contributed by atoms with Crippen LogP contribution in [-0.4, -0.2) is 11.8 Å². The van der Waals surface area contributed by atoms with E-state index < -0.39 is 12.1 Å². The second-order valence-electron chi connectivity index (χ2n) is 5.25. The zero-order valence-electron chi connectivity index (χ0n) is 12.5. The van der Waals surface area contributed by atoms with Crippen molar-refractivity contribution < 1.29 is 14.3 Å². The molecule has 0 saturated heterocycles. The van der Waals surface area contributed by atoms with Crippen molar-refractivity contribution in [2.75, 3.05) is 0 Å². The van der Waals surface area contributed by atoms with E-state index in [1.165, 1.54) is 0 Å². The van der Waals surface area contributed by atoms with Gasteiger partial charge in [0.1, 0.15) is 0 Å². The van der Waals surface area contributed by atoms with Crippen LogP contribution in [0.15, 0.2) is 84.5 Å². The van der Waals surface area contributed by atoms with Gasteiger partial charge in [0.15, 0.2) is 6.10 Å². The molecule has 0 N–H and O–H groups in total. The fraction of sp³-hybridized carbons (Fsp3) is 0.100. The summed E-state index contributed by atoms with van der Waals surface area (Å²) in [6, 6.07) is 17.8. The summed E-state index contributed by atoms with van der Waals surface area (Å²) in [7, 11) is 0. The van der Waals surface area contributed by atoms with E-state index in [0.29, 0.717) is 23.1 Å². The van der Waals surface area contributed by atoms with Crippen LogP contribution in [-0.2, 0) is 9.53 Å². The molecule has 0 heterocycles. The number of carbonyl (C=O) groups is 2. The molecule has 0 amide bonds. The van der Waals surface area contributed by atoms with Crippen LogP contribution < -0.4 is 0 Å². The number of allylic oxidation sites excluding steroid dienone is 3. The van der Waals surface area contributed by atoms with Gasteiger partial charge >= 0.3 is 5.97 Å². The maximum atomic E-state index is 12.7. The second-order valence-corrected chi connectivity index (χ2v) is 5.25. The Morgan fingerprint density at radius 1 is 0.913 bits per heavy atom. The lowest BCUT2D eigenvalue weighted by atomic mass is 9.99. The van der Waals surface area contributed by atoms with Crippen molar-refractivity contribution in [3.63, 3.8) is 0 Å². The Balaban J connectivity index is 1.86. The molecule has 0 aromatic heterocycles. The van der Waals surface area contributed by atoms with Gasteiger partial charge in [-0.15, -0.1) is 0 Å². The lowest BCUT2D eigenvalue weighted by Gasteiger charge is -2.18. The molecule has 0 saturated carbocycles. The van der Waals surface area contributed by atoms with Crippen LogP contribution >= 0.6 is 0 Å². The number of carbonyl (C=O) groups excluding carboxylic acids is 2. The molecule has 3 nitrogen and oxygen atoms in total. The van der Waals surface area contributed by atoms with Crippen molar-refractivity contribution in [1.29, 1.82) is 0 Å². The molecular formula is C20H16O3. The Kier molecular flexibility index (Phi) is 4.48. The van der Waals surface area contributed by atoms with E-state index in [4.69, 9.17) is 4.74 Å². The summed E-state index contributed by atoms with van der Waals surface area (Å²) in [6.07, 6.45) is 5.18. The van der Waals surface area contributed by atoms with Gasteiger partial charge in [-0.1, -0.05) is 66.8 Å². The number of hydrogen-bond acceptors (Lipinski definition) is 3. The first-order valence-corrected chi connectivity index (χ1v) is 7.46. The van der Waals surface area contributed by atoms with Gasteiger partial charge in [-0.05, 0) is 18.6 Å². The van der Waals surface area contributed by atoms with Gasteiger partial charge in [-0.2, -0.15) is 0 Å². The van der Waals surface area contributed by atoms with E-state index >= 15 is 0 Å². The average molecular weight is 304 g/mol. The maximum Gasteiger partial charge on any atom is 0.339 e. The van der Waals surface area contributed by atoms with Crippen LogP contribution in [0.4, 0.5) is 0 Å². The summed E-state index contributed by atoms with van der Waals surface area (Å²) < 4.78 is 5.54. The fourth-order valence-corrected chi connectivity index (χ4v) is 2.45. The second kappa shape index (κ2) is 6.88. The molecule has 2 aromatic rings. The number of esters is 1. The van der Waals surface area contributed by atoms with Crippen molar-refractivity contribution in [1.82, 2.24) is 0 Å². The summed E-state index contributed by atoms with van der Waals surface area (Å²) in [5, 5.41) is 0. The van der Waals surface area contributed by atoms with E-state index in [1.807, 2.05) is 36.4 Å². The molecule has 23 heavy (non-hydrogen) atoms. The minimum Gasteiger partial charge on any atom is -0.445 e. The number of ketones is 1. The summed E-state index contributed by atoms with van der Waals surface area (Å²) >= 11 is 0. The fourth-order valence-electron chi connectivity index (χ4n) is 2.45. The summed E-state index contributed by atoms with van der Waals surface area (Å²) in [6.45, 7) is 0. The number of Topliss-reactive ketones (excluding diaryl/α,β-unsaturated/α-hetero) is 1. The van der Waals surface area contributed by atoms with Gasteiger partial charge in [0.2, 0.25) is 5.78 Å². The molecule has 0 spiro atoms. The predicted molar refractivity (Wildman–Crippen MR) is 87.9 cm³/mol. The smallest absolute Gasteiger partial charge is 0.339 e.